The quantitative estimate of drug-likeness (QED) is 0.194. The Morgan fingerprint density at radius 2 is 1.97 bits per heavy atom. The van der Waals surface area contributed by atoms with E-state index in [0.717, 1.165) is 0 Å². The molecule has 10 nitrogen and oxygen atoms in total. The molecule has 1 aromatic heterocycles. The third kappa shape index (κ3) is 7.95. The summed E-state index contributed by atoms with van der Waals surface area (Å²) in [6, 6.07) is 9.24. The molecule has 0 saturated heterocycles. The van der Waals surface area contributed by atoms with Crippen LogP contribution in [-0.4, -0.2) is 48.1 Å². The van der Waals surface area contributed by atoms with E-state index in [0.29, 0.717) is 18.5 Å². The van der Waals surface area contributed by atoms with Gasteiger partial charge in [0.25, 0.3) is 0 Å². The van der Waals surface area contributed by atoms with E-state index in [-0.39, 0.29) is 24.7 Å². The summed E-state index contributed by atoms with van der Waals surface area (Å²) in [5.74, 6) is -1.62. The van der Waals surface area contributed by atoms with Crippen molar-refractivity contribution in [1.29, 1.82) is 0 Å². The van der Waals surface area contributed by atoms with Crippen LogP contribution in [0.3, 0.4) is 0 Å². The summed E-state index contributed by atoms with van der Waals surface area (Å²) in [7, 11) is 0. The fourth-order valence-corrected chi connectivity index (χ4v) is 2.22. The van der Waals surface area contributed by atoms with Crippen LogP contribution in [0, 0.1) is 0 Å². The lowest BCUT2D eigenvalue weighted by molar-refractivity contribution is -0.131. The molecule has 0 amide bonds. The van der Waals surface area contributed by atoms with E-state index in [1.807, 2.05) is 0 Å². The van der Waals surface area contributed by atoms with Gasteiger partial charge in [0.2, 0.25) is 0 Å². The summed E-state index contributed by atoms with van der Waals surface area (Å²) < 4.78 is 19.5. The van der Waals surface area contributed by atoms with Crippen molar-refractivity contribution in [2.45, 2.75) is 19.6 Å². The van der Waals surface area contributed by atoms with Crippen LogP contribution in [0.25, 0.3) is 0 Å². The van der Waals surface area contributed by atoms with Gasteiger partial charge in [-0.15, -0.1) is 0 Å². The Hall–Kier alpha value is -3.34. The Kier molecular flexibility index (Phi) is 9.38. The van der Waals surface area contributed by atoms with Gasteiger partial charge in [-0.05, 0) is 24.6 Å². The van der Waals surface area contributed by atoms with Gasteiger partial charge in [0, 0.05) is 31.4 Å². The zero-order chi connectivity index (χ0) is 21.8. The Balaban J connectivity index is 1.61. The first-order chi connectivity index (χ1) is 14.5. The molecule has 0 bridgehead atoms. The molecule has 0 aliphatic rings. The largest absolute Gasteiger partial charge is 0.516 e. The van der Waals surface area contributed by atoms with Gasteiger partial charge in [-0.25, -0.2) is 9.59 Å². The average molecular weight is 418 g/mol. The minimum Gasteiger partial charge on any atom is -0.434 e. The number of carbonyl (C=O) groups is 3. The number of nitrogens with one attached hydrogen (secondary N) is 1. The molecule has 1 unspecified atom stereocenters. The maximum Gasteiger partial charge on any atom is 0.516 e. The van der Waals surface area contributed by atoms with Gasteiger partial charge >= 0.3 is 18.1 Å². The van der Waals surface area contributed by atoms with Crippen LogP contribution in [0.5, 0.6) is 5.75 Å². The lowest BCUT2D eigenvalue weighted by Gasteiger charge is -2.12. The molecular weight excluding hydrogens is 396 g/mol. The highest BCUT2D eigenvalue weighted by atomic mass is 16.7. The number of rotatable bonds is 10. The van der Waals surface area contributed by atoms with Crippen molar-refractivity contribution in [2.75, 3.05) is 19.9 Å². The van der Waals surface area contributed by atoms with Crippen LogP contribution in [0.15, 0.2) is 48.8 Å². The van der Waals surface area contributed by atoms with Crippen LogP contribution in [0.2, 0.25) is 0 Å². The Morgan fingerprint density at radius 3 is 2.70 bits per heavy atom. The summed E-state index contributed by atoms with van der Waals surface area (Å²) in [6.07, 6.45) is 1.24. The van der Waals surface area contributed by atoms with Crippen LogP contribution in [-0.2, 0) is 19.0 Å². The van der Waals surface area contributed by atoms with Crippen molar-refractivity contribution >= 4 is 18.1 Å². The molecule has 0 spiro atoms. The number of aliphatic hydroxyl groups excluding tert-OH is 1. The molecule has 0 fully saturated rings. The number of pyridine rings is 1. The average Bonchev–Trinajstić information content (AvgIpc) is 2.73. The molecule has 10 heteroatoms. The number of ether oxygens (including phenoxy) is 4. The summed E-state index contributed by atoms with van der Waals surface area (Å²) in [6.45, 7) is 1.69. The molecular formula is C20H22N2O8. The molecule has 160 valence electrons. The first kappa shape index (κ1) is 22.9. The van der Waals surface area contributed by atoms with E-state index in [1.165, 1.54) is 31.3 Å². The van der Waals surface area contributed by atoms with E-state index in [9.17, 15) is 19.5 Å². The maximum atomic E-state index is 12.0. The predicted molar refractivity (Wildman–Crippen MR) is 102 cm³/mol. The Bertz CT molecular complexity index is 844. The van der Waals surface area contributed by atoms with E-state index in [2.05, 4.69) is 15.0 Å². The van der Waals surface area contributed by atoms with E-state index >= 15 is 0 Å². The standard InChI is InChI=1S/C20H22N2O8/c1-14(23)29-17-8-3-2-7-16(17)19(25)30-20(26)27-11-5-10-22-13-28-18(24)15-6-4-9-21-12-15/h2-4,6-9,12,18,22,24H,5,10-11,13H2,1H3. The second-order valence-electron chi connectivity index (χ2n) is 5.88. The fraction of sp³-hybridized carbons (Fsp3) is 0.300. The third-order valence-corrected chi connectivity index (χ3v) is 3.57. The highest BCUT2D eigenvalue weighted by Crippen LogP contribution is 2.19. The van der Waals surface area contributed by atoms with Gasteiger partial charge in [0.15, 0.2) is 6.29 Å². The molecule has 0 radical (unpaired) electrons. The second-order valence-corrected chi connectivity index (χ2v) is 5.88. The molecule has 2 N–H and O–H groups in total. The maximum absolute atomic E-state index is 12.0. The summed E-state index contributed by atoms with van der Waals surface area (Å²) in [4.78, 5) is 38.6. The second kappa shape index (κ2) is 12.3. The van der Waals surface area contributed by atoms with Crippen LogP contribution in [0.4, 0.5) is 4.79 Å². The normalized spacial score (nSPS) is 11.4. The third-order valence-electron chi connectivity index (χ3n) is 3.57. The number of aliphatic hydroxyl groups is 1. The summed E-state index contributed by atoms with van der Waals surface area (Å²) in [5.41, 5.74) is 0.459. The minimum absolute atomic E-state index is 0.00410. The zero-order valence-electron chi connectivity index (χ0n) is 16.3. The van der Waals surface area contributed by atoms with Crippen molar-refractivity contribution in [1.82, 2.24) is 10.3 Å². The molecule has 2 rings (SSSR count). The van der Waals surface area contributed by atoms with E-state index in [4.69, 9.17) is 14.2 Å². The number of benzene rings is 1. The number of aromatic nitrogens is 1. The van der Waals surface area contributed by atoms with Crippen molar-refractivity contribution in [3.8, 4) is 5.75 Å². The van der Waals surface area contributed by atoms with Crippen molar-refractivity contribution in [3.05, 3.63) is 59.9 Å². The zero-order valence-corrected chi connectivity index (χ0v) is 16.3. The van der Waals surface area contributed by atoms with Crippen molar-refractivity contribution in [2.24, 2.45) is 0 Å². The molecule has 0 saturated carbocycles. The number of esters is 2. The number of hydrogen-bond donors (Lipinski definition) is 2. The number of hydrogen-bond acceptors (Lipinski definition) is 10. The van der Waals surface area contributed by atoms with Gasteiger partial charge in [-0.3, -0.25) is 15.1 Å². The molecule has 1 heterocycles. The molecule has 0 aliphatic carbocycles. The summed E-state index contributed by atoms with van der Waals surface area (Å²) >= 11 is 0. The van der Waals surface area contributed by atoms with Crippen molar-refractivity contribution in [3.63, 3.8) is 0 Å². The van der Waals surface area contributed by atoms with Crippen LogP contribution < -0.4 is 10.1 Å². The van der Waals surface area contributed by atoms with E-state index in [1.54, 1.807) is 24.4 Å². The number of para-hydroxylation sites is 1. The van der Waals surface area contributed by atoms with Crippen molar-refractivity contribution < 1.29 is 38.4 Å². The molecule has 2 aromatic rings. The van der Waals surface area contributed by atoms with Gasteiger partial charge in [-0.2, -0.15) is 0 Å². The van der Waals surface area contributed by atoms with Gasteiger partial charge in [0.05, 0.1) is 6.61 Å². The topological polar surface area (TPSA) is 133 Å². The lowest BCUT2D eigenvalue weighted by atomic mass is 10.2. The highest BCUT2D eigenvalue weighted by molar-refractivity contribution is 5.98. The van der Waals surface area contributed by atoms with Crippen LogP contribution >= 0.6 is 0 Å². The number of carbonyl (C=O) groups excluding carboxylic acids is 3. The monoisotopic (exact) mass is 418 g/mol. The Labute approximate surface area is 172 Å². The van der Waals surface area contributed by atoms with E-state index < -0.39 is 24.4 Å². The fourth-order valence-electron chi connectivity index (χ4n) is 2.22. The number of nitrogens with zero attached hydrogens (tertiary/aromatic N) is 1. The smallest absolute Gasteiger partial charge is 0.434 e. The SMILES string of the molecule is CC(=O)Oc1ccccc1C(=O)OC(=O)OCCCNCOC(O)c1cccnc1. The molecule has 1 aromatic carbocycles. The predicted octanol–water partition coefficient (Wildman–Crippen LogP) is 1.95. The molecule has 30 heavy (non-hydrogen) atoms. The molecule has 1 atom stereocenters. The minimum atomic E-state index is -1.17. The Morgan fingerprint density at radius 1 is 1.17 bits per heavy atom. The highest BCUT2D eigenvalue weighted by Gasteiger charge is 2.19. The van der Waals surface area contributed by atoms with Gasteiger partial charge in [0.1, 0.15) is 18.0 Å². The first-order valence-corrected chi connectivity index (χ1v) is 9.04. The summed E-state index contributed by atoms with van der Waals surface area (Å²) in [5, 5.41) is 12.7. The molecule has 0 aliphatic heterocycles. The van der Waals surface area contributed by atoms with Gasteiger partial charge in [-0.1, -0.05) is 18.2 Å². The van der Waals surface area contributed by atoms with Gasteiger partial charge < -0.3 is 24.1 Å². The van der Waals surface area contributed by atoms with Crippen LogP contribution in [0.1, 0.15) is 35.6 Å². The first-order valence-electron chi connectivity index (χ1n) is 9.04. The lowest BCUT2D eigenvalue weighted by Crippen LogP contribution is -2.23.